The summed E-state index contributed by atoms with van der Waals surface area (Å²) < 4.78 is 37.9. The lowest BCUT2D eigenvalue weighted by molar-refractivity contribution is 0.102. The van der Waals surface area contributed by atoms with Crippen LogP contribution in [-0.2, 0) is 10.0 Å². The average molecular weight is 401 g/mol. The minimum atomic E-state index is -3.85. The van der Waals surface area contributed by atoms with Crippen LogP contribution in [0.15, 0.2) is 57.9 Å². The number of anilines is 2. The van der Waals surface area contributed by atoms with E-state index >= 15 is 0 Å². The van der Waals surface area contributed by atoms with Crippen molar-refractivity contribution in [1.82, 2.24) is 5.16 Å². The van der Waals surface area contributed by atoms with Crippen LogP contribution in [0.3, 0.4) is 0 Å². The van der Waals surface area contributed by atoms with Crippen LogP contribution in [0.4, 0.5) is 11.4 Å². The van der Waals surface area contributed by atoms with Crippen LogP contribution in [-0.4, -0.2) is 26.6 Å². The maximum atomic E-state index is 12.7. The van der Waals surface area contributed by atoms with Crippen LogP contribution >= 0.6 is 0 Å². The van der Waals surface area contributed by atoms with Crippen molar-refractivity contribution in [2.45, 2.75) is 18.7 Å². The number of hydrogen-bond donors (Lipinski definition) is 2. The molecule has 0 spiro atoms. The number of nitrogens with one attached hydrogen (secondary N) is 2. The average Bonchev–Trinajstić information content (AvgIpc) is 3.01. The van der Waals surface area contributed by atoms with Gasteiger partial charge in [0.2, 0.25) is 0 Å². The van der Waals surface area contributed by atoms with Crippen molar-refractivity contribution >= 4 is 27.3 Å². The molecule has 0 unspecified atom stereocenters. The molecule has 0 aliphatic heterocycles. The van der Waals surface area contributed by atoms with Gasteiger partial charge in [0.25, 0.3) is 15.9 Å². The molecule has 0 atom stereocenters. The third kappa shape index (κ3) is 3.99. The van der Waals surface area contributed by atoms with Crippen LogP contribution in [0, 0.1) is 13.8 Å². The molecule has 8 nitrogen and oxygen atoms in total. The van der Waals surface area contributed by atoms with Gasteiger partial charge in [-0.2, -0.15) is 0 Å². The molecule has 1 aromatic heterocycles. The first-order valence-electron chi connectivity index (χ1n) is 8.32. The van der Waals surface area contributed by atoms with Crippen molar-refractivity contribution < 1.29 is 22.5 Å². The van der Waals surface area contributed by atoms with Crippen LogP contribution in [0.25, 0.3) is 0 Å². The van der Waals surface area contributed by atoms with Gasteiger partial charge in [-0.25, -0.2) is 8.42 Å². The van der Waals surface area contributed by atoms with Gasteiger partial charge in [0, 0.05) is 0 Å². The first-order valence-corrected chi connectivity index (χ1v) is 9.80. The molecule has 0 fully saturated rings. The number of hydrogen-bond acceptors (Lipinski definition) is 6. The summed E-state index contributed by atoms with van der Waals surface area (Å²) >= 11 is 0. The van der Waals surface area contributed by atoms with Gasteiger partial charge >= 0.3 is 0 Å². The number of para-hydroxylation sites is 2. The van der Waals surface area contributed by atoms with Crippen LogP contribution in [0.2, 0.25) is 0 Å². The number of methoxy groups -OCH3 is 1. The molecule has 0 aliphatic carbocycles. The number of nitrogens with zero attached hydrogens (tertiary/aromatic N) is 1. The van der Waals surface area contributed by atoms with Crippen LogP contribution in [0.1, 0.15) is 21.8 Å². The molecule has 0 radical (unpaired) electrons. The van der Waals surface area contributed by atoms with E-state index in [0.29, 0.717) is 28.5 Å². The molecule has 146 valence electrons. The predicted molar refractivity (Wildman–Crippen MR) is 104 cm³/mol. The van der Waals surface area contributed by atoms with Gasteiger partial charge in [-0.15, -0.1) is 0 Å². The summed E-state index contributed by atoms with van der Waals surface area (Å²) in [5.41, 5.74) is 1.31. The summed E-state index contributed by atoms with van der Waals surface area (Å²) in [6, 6.07) is 12.5. The van der Waals surface area contributed by atoms with Crippen molar-refractivity contribution in [2.75, 3.05) is 17.1 Å². The number of sulfonamides is 1. The number of carbonyl (C=O) groups excluding carboxylic acids is 1. The molecule has 0 aliphatic rings. The van der Waals surface area contributed by atoms with E-state index in [-0.39, 0.29) is 10.6 Å². The van der Waals surface area contributed by atoms with Crippen molar-refractivity contribution in [3.8, 4) is 5.75 Å². The smallest absolute Gasteiger partial charge is 0.261 e. The summed E-state index contributed by atoms with van der Waals surface area (Å²) in [4.78, 5) is 12.6. The van der Waals surface area contributed by atoms with Gasteiger partial charge in [0.1, 0.15) is 17.1 Å². The molecular weight excluding hydrogens is 382 g/mol. The second-order valence-corrected chi connectivity index (χ2v) is 7.66. The largest absolute Gasteiger partial charge is 0.497 e. The molecule has 2 N–H and O–H groups in total. The fraction of sp³-hybridized carbons (Fsp3) is 0.158. The number of ether oxygens (including phenoxy) is 1. The Labute approximate surface area is 162 Å². The molecule has 1 heterocycles. The zero-order valence-electron chi connectivity index (χ0n) is 15.5. The summed E-state index contributed by atoms with van der Waals surface area (Å²) in [7, 11) is -2.35. The van der Waals surface area contributed by atoms with E-state index in [2.05, 4.69) is 15.2 Å². The van der Waals surface area contributed by atoms with Crippen molar-refractivity contribution in [1.29, 1.82) is 0 Å². The lowest BCUT2D eigenvalue weighted by Gasteiger charge is -2.13. The molecule has 0 bridgehead atoms. The fourth-order valence-electron chi connectivity index (χ4n) is 2.63. The lowest BCUT2D eigenvalue weighted by Crippen LogP contribution is -2.18. The minimum Gasteiger partial charge on any atom is -0.497 e. The first-order chi connectivity index (χ1) is 13.3. The highest BCUT2D eigenvalue weighted by atomic mass is 32.2. The third-order valence-corrected chi connectivity index (χ3v) is 5.43. The van der Waals surface area contributed by atoms with E-state index in [1.165, 1.54) is 19.2 Å². The summed E-state index contributed by atoms with van der Waals surface area (Å²) in [5, 5.41) is 6.46. The molecular formula is C19H19N3O5S. The van der Waals surface area contributed by atoms with E-state index < -0.39 is 15.9 Å². The third-order valence-electron chi connectivity index (χ3n) is 4.05. The van der Waals surface area contributed by atoms with Crippen molar-refractivity contribution in [2.24, 2.45) is 0 Å². The number of aryl methyl sites for hydroxylation is 2. The predicted octanol–water partition coefficient (Wildman–Crippen LogP) is 3.35. The topological polar surface area (TPSA) is 111 Å². The van der Waals surface area contributed by atoms with Gasteiger partial charge in [-0.05, 0) is 50.2 Å². The Hall–Kier alpha value is -3.33. The SMILES string of the molecule is COc1ccc(S(=O)(=O)Nc2ccccc2NC(=O)c2c(C)noc2C)cc1. The van der Waals surface area contributed by atoms with Gasteiger partial charge < -0.3 is 14.6 Å². The van der Waals surface area contributed by atoms with Crippen LogP contribution < -0.4 is 14.8 Å². The highest BCUT2D eigenvalue weighted by molar-refractivity contribution is 7.92. The van der Waals surface area contributed by atoms with E-state index in [9.17, 15) is 13.2 Å². The molecule has 0 saturated carbocycles. The summed E-state index contributed by atoms with van der Waals surface area (Å²) in [6.07, 6.45) is 0. The van der Waals surface area contributed by atoms with E-state index in [0.717, 1.165) is 0 Å². The lowest BCUT2D eigenvalue weighted by atomic mass is 10.2. The Morgan fingerprint density at radius 2 is 1.68 bits per heavy atom. The number of rotatable bonds is 6. The number of benzene rings is 2. The molecule has 3 aromatic rings. The molecule has 1 amide bonds. The molecule has 28 heavy (non-hydrogen) atoms. The fourth-order valence-corrected chi connectivity index (χ4v) is 3.71. The van der Waals surface area contributed by atoms with E-state index in [1.54, 1.807) is 50.2 Å². The molecule has 3 rings (SSSR count). The molecule has 0 saturated heterocycles. The van der Waals surface area contributed by atoms with E-state index in [1.807, 2.05) is 0 Å². The Morgan fingerprint density at radius 1 is 1.04 bits per heavy atom. The zero-order chi connectivity index (χ0) is 20.3. The normalized spacial score (nSPS) is 11.1. The Kier molecular flexibility index (Phi) is 5.36. The van der Waals surface area contributed by atoms with Crippen LogP contribution in [0.5, 0.6) is 5.75 Å². The quantitative estimate of drug-likeness (QED) is 0.655. The van der Waals surface area contributed by atoms with E-state index in [4.69, 9.17) is 9.26 Å². The Balaban J connectivity index is 1.86. The Bertz CT molecular complexity index is 1090. The first kappa shape index (κ1) is 19.4. The summed E-state index contributed by atoms with van der Waals surface area (Å²) in [6.45, 7) is 3.29. The number of aromatic nitrogens is 1. The maximum absolute atomic E-state index is 12.7. The second kappa shape index (κ2) is 7.73. The number of amides is 1. The standard InChI is InChI=1S/C19H19N3O5S/c1-12-18(13(2)27-21-12)19(23)20-16-6-4-5-7-17(16)22-28(24,25)15-10-8-14(26-3)9-11-15/h4-11,22H,1-3H3,(H,20,23). The van der Waals surface area contributed by atoms with Crippen molar-refractivity contribution in [3.05, 3.63) is 65.5 Å². The van der Waals surface area contributed by atoms with Gasteiger partial charge in [0.05, 0.1) is 29.1 Å². The minimum absolute atomic E-state index is 0.0696. The zero-order valence-corrected chi connectivity index (χ0v) is 16.3. The second-order valence-electron chi connectivity index (χ2n) is 5.98. The van der Waals surface area contributed by atoms with Gasteiger partial charge in [-0.1, -0.05) is 17.3 Å². The Morgan fingerprint density at radius 3 is 2.25 bits per heavy atom. The monoisotopic (exact) mass is 401 g/mol. The number of carbonyl (C=O) groups is 1. The highest BCUT2D eigenvalue weighted by Gasteiger charge is 2.20. The highest BCUT2D eigenvalue weighted by Crippen LogP contribution is 2.26. The van der Waals surface area contributed by atoms with Gasteiger partial charge in [0.15, 0.2) is 0 Å². The van der Waals surface area contributed by atoms with Gasteiger partial charge in [-0.3, -0.25) is 9.52 Å². The molecule has 2 aromatic carbocycles. The maximum Gasteiger partial charge on any atom is 0.261 e. The van der Waals surface area contributed by atoms with Crippen molar-refractivity contribution in [3.63, 3.8) is 0 Å². The molecule has 9 heteroatoms. The summed E-state index contributed by atoms with van der Waals surface area (Å²) in [5.74, 6) is 0.490.